The quantitative estimate of drug-likeness (QED) is 0.571. The molecule has 0 aliphatic rings. The molecule has 1 unspecified atom stereocenters. The molecular formula is C8H14O2. The van der Waals surface area contributed by atoms with Crippen LogP contribution in [0.5, 0.6) is 0 Å². The second-order valence-corrected chi connectivity index (χ2v) is 2.17. The van der Waals surface area contributed by atoms with Crippen LogP contribution >= 0.6 is 0 Å². The summed E-state index contributed by atoms with van der Waals surface area (Å²) in [7, 11) is 0. The maximum Gasteiger partial charge on any atom is 0.0552 e. The fraction of sp³-hybridized carbons (Fsp3) is 0.625. The van der Waals surface area contributed by atoms with Gasteiger partial charge in [-0.3, -0.25) is 0 Å². The molecule has 2 heteroatoms. The van der Waals surface area contributed by atoms with Crippen molar-refractivity contribution < 1.29 is 10.2 Å². The van der Waals surface area contributed by atoms with Crippen molar-refractivity contribution in [3.63, 3.8) is 0 Å². The van der Waals surface area contributed by atoms with E-state index in [2.05, 4.69) is 5.73 Å². The number of hydrogen-bond donors (Lipinski definition) is 2. The molecule has 0 heterocycles. The van der Waals surface area contributed by atoms with E-state index in [0.29, 0.717) is 12.8 Å². The lowest BCUT2D eigenvalue weighted by molar-refractivity contribution is 0.198. The topological polar surface area (TPSA) is 40.5 Å². The van der Waals surface area contributed by atoms with Crippen molar-refractivity contribution in [1.82, 2.24) is 0 Å². The number of aliphatic hydroxyl groups is 2. The fourth-order valence-electron chi connectivity index (χ4n) is 0.470. The second-order valence-electron chi connectivity index (χ2n) is 2.17. The van der Waals surface area contributed by atoms with Crippen molar-refractivity contribution >= 4 is 0 Å². The van der Waals surface area contributed by atoms with E-state index in [9.17, 15) is 0 Å². The van der Waals surface area contributed by atoms with Gasteiger partial charge in [0.15, 0.2) is 0 Å². The Balaban J connectivity index is 3.34. The highest BCUT2D eigenvalue weighted by Gasteiger charge is 1.86. The predicted molar refractivity (Wildman–Crippen MR) is 40.7 cm³/mol. The van der Waals surface area contributed by atoms with Crippen LogP contribution in [-0.2, 0) is 0 Å². The first kappa shape index (κ1) is 9.44. The molecular weight excluding hydrogens is 128 g/mol. The second kappa shape index (κ2) is 6.56. The summed E-state index contributed by atoms with van der Waals surface area (Å²) in [5.41, 5.74) is 2.85. The Bertz CT molecular complexity index is 121. The first-order valence-corrected chi connectivity index (χ1v) is 3.45. The molecule has 0 saturated carbocycles. The SMILES string of the molecule is CC(O)CC=C=CCCO. The summed E-state index contributed by atoms with van der Waals surface area (Å²) in [6.07, 6.45) is 4.48. The van der Waals surface area contributed by atoms with Gasteiger partial charge in [-0.1, -0.05) is 0 Å². The summed E-state index contributed by atoms with van der Waals surface area (Å²) in [5, 5.41) is 17.1. The van der Waals surface area contributed by atoms with Gasteiger partial charge in [0.1, 0.15) is 0 Å². The van der Waals surface area contributed by atoms with E-state index in [1.807, 2.05) is 0 Å². The van der Waals surface area contributed by atoms with Crippen molar-refractivity contribution in [2.75, 3.05) is 6.61 Å². The van der Waals surface area contributed by atoms with E-state index < -0.39 is 0 Å². The molecule has 0 spiro atoms. The molecule has 0 aliphatic carbocycles. The molecule has 0 aromatic heterocycles. The Labute approximate surface area is 61.5 Å². The van der Waals surface area contributed by atoms with Crippen LogP contribution in [0.2, 0.25) is 0 Å². The van der Waals surface area contributed by atoms with Gasteiger partial charge < -0.3 is 10.2 Å². The van der Waals surface area contributed by atoms with Crippen LogP contribution in [0, 0.1) is 0 Å². The molecule has 10 heavy (non-hydrogen) atoms. The minimum absolute atomic E-state index is 0.162. The molecule has 2 nitrogen and oxygen atoms in total. The van der Waals surface area contributed by atoms with E-state index in [1.54, 1.807) is 19.1 Å². The Morgan fingerprint density at radius 1 is 1.50 bits per heavy atom. The van der Waals surface area contributed by atoms with Gasteiger partial charge in [0.25, 0.3) is 0 Å². The van der Waals surface area contributed by atoms with E-state index in [1.165, 1.54) is 0 Å². The normalized spacial score (nSPS) is 11.9. The Morgan fingerprint density at radius 2 is 2.20 bits per heavy atom. The van der Waals surface area contributed by atoms with Gasteiger partial charge in [0.05, 0.1) is 6.10 Å². The van der Waals surface area contributed by atoms with Crippen LogP contribution in [0.3, 0.4) is 0 Å². The van der Waals surface area contributed by atoms with E-state index >= 15 is 0 Å². The zero-order chi connectivity index (χ0) is 7.82. The minimum Gasteiger partial charge on any atom is -0.396 e. The minimum atomic E-state index is -0.296. The van der Waals surface area contributed by atoms with Crippen molar-refractivity contribution in [2.24, 2.45) is 0 Å². The van der Waals surface area contributed by atoms with E-state index in [0.717, 1.165) is 0 Å². The zero-order valence-corrected chi connectivity index (χ0v) is 6.25. The van der Waals surface area contributed by atoms with Gasteiger partial charge in [-0.05, 0) is 31.9 Å². The first-order chi connectivity index (χ1) is 4.77. The molecule has 2 N–H and O–H groups in total. The van der Waals surface area contributed by atoms with Crippen LogP contribution in [0.4, 0.5) is 0 Å². The molecule has 0 bridgehead atoms. The van der Waals surface area contributed by atoms with Crippen molar-refractivity contribution in [3.05, 3.63) is 17.9 Å². The Hall–Kier alpha value is -0.560. The average molecular weight is 142 g/mol. The molecule has 0 aliphatic heterocycles. The van der Waals surface area contributed by atoms with Gasteiger partial charge in [0.2, 0.25) is 0 Å². The molecule has 1 atom stereocenters. The summed E-state index contributed by atoms with van der Waals surface area (Å²) in [5.74, 6) is 0. The number of hydrogen-bond acceptors (Lipinski definition) is 2. The third-order valence-electron chi connectivity index (χ3n) is 0.968. The Morgan fingerprint density at radius 3 is 2.70 bits per heavy atom. The van der Waals surface area contributed by atoms with Crippen LogP contribution in [-0.4, -0.2) is 22.9 Å². The third kappa shape index (κ3) is 7.44. The maximum absolute atomic E-state index is 8.77. The molecule has 0 radical (unpaired) electrons. The number of rotatable bonds is 4. The molecule has 0 fully saturated rings. The Kier molecular flexibility index (Phi) is 6.19. The van der Waals surface area contributed by atoms with Crippen LogP contribution < -0.4 is 0 Å². The fourth-order valence-corrected chi connectivity index (χ4v) is 0.470. The first-order valence-electron chi connectivity index (χ1n) is 3.45. The predicted octanol–water partition coefficient (Wildman–Crippen LogP) is 0.851. The summed E-state index contributed by atoms with van der Waals surface area (Å²) < 4.78 is 0. The van der Waals surface area contributed by atoms with Crippen molar-refractivity contribution in [2.45, 2.75) is 25.9 Å². The van der Waals surface area contributed by atoms with E-state index in [-0.39, 0.29) is 12.7 Å². The van der Waals surface area contributed by atoms with Crippen LogP contribution in [0.1, 0.15) is 19.8 Å². The molecule has 0 aromatic rings. The van der Waals surface area contributed by atoms with E-state index in [4.69, 9.17) is 10.2 Å². The number of aliphatic hydroxyl groups excluding tert-OH is 2. The van der Waals surface area contributed by atoms with Crippen LogP contribution in [0.15, 0.2) is 17.9 Å². The average Bonchev–Trinajstić information content (AvgIpc) is 1.87. The standard InChI is InChI=1S/C8H14O2/c1-8(10)6-4-2-3-5-7-9/h3-4,8-10H,5-7H2,1H3. The highest BCUT2D eigenvalue weighted by molar-refractivity contribution is 4.85. The highest BCUT2D eigenvalue weighted by atomic mass is 16.3. The van der Waals surface area contributed by atoms with Gasteiger partial charge >= 0.3 is 0 Å². The van der Waals surface area contributed by atoms with Crippen molar-refractivity contribution in [3.8, 4) is 0 Å². The van der Waals surface area contributed by atoms with Gasteiger partial charge in [-0.25, -0.2) is 0 Å². The highest BCUT2D eigenvalue weighted by Crippen LogP contribution is 1.88. The summed E-state index contributed by atoms with van der Waals surface area (Å²) in [6.45, 7) is 1.89. The zero-order valence-electron chi connectivity index (χ0n) is 6.25. The lowest BCUT2D eigenvalue weighted by atomic mass is 10.3. The summed E-state index contributed by atoms with van der Waals surface area (Å²) in [4.78, 5) is 0. The van der Waals surface area contributed by atoms with Gasteiger partial charge in [-0.2, -0.15) is 0 Å². The molecule has 0 rings (SSSR count). The molecule has 0 saturated heterocycles. The summed E-state index contributed by atoms with van der Waals surface area (Å²) >= 11 is 0. The molecule has 58 valence electrons. The maximum atomic E-state index is 8.77. The monoisotopic (exact) mass is 142 g/mol. The van der Waals surface area contributed by atoms with Gasteiger partial charge in [-0.15, -0.1) is 5.73 Å². The summed E-state index contributed by atoms with van der Waals surface area (Å²) in [6, 6.07) is 0. The smallest absolute Gasteiger partial charge is 0.0552 e. The lowest BCUT2D eigenvalue weighted by Gasteiger charge is -1.92. The largest absolute Gasteiger partial charge is 0.396 e. The molecule has 0 amide bonds. The van der Waals surface area contributed by atoms with Gasteiger partial charge in [0, 0.05) is 6.61 Å². The third-order valence-corrected chi connectivity index (χ3v) is 0.968. The molecule has 0 aromatic carbocycles. The van der Waals surface area contributed by atoms with Crippen LogP contribution in [0.25, 0.3) is 0 Å². The van der Waals surface area contributed by atoms with Crippen molar-refractivity contribution in [1.29, 1.82) is 0 Å². The lowest BCUT2D eigenvalue weighted by Crippen LogP contribution is -1.94.